The fraction of sp³-hybridized carbons (Fsp3) is 0.278. The number of aromatic hydroxyl groups is 2. The van der Waals surface area contributed by atoms with Gasteiger partial charge in [0.2, 0.25) is 5.91 Å². The molecule has 0 spiro atoms. The summed E-state index contributed by atoms with van der Waals surface area (Å²) in [7, 11) is 0. The number of benzene rings is 2. The van der Waals surface area contributed by atoms with Crippen LogP contribution < -0.4 is 15.8 Å². The molecule has 0 saturated carbocycles. The van der Waals surface area contributed by atoms with Crippen molar-refractivity contribution in [3.8, 4) is 17.2 Å². The summed E-state index contributed by atoms with van der Waals surface area (Å²) in [6, 6.07) is 9.17. The van der Waals surface area contributed by atoms with Gasteiger partial charge in [-0.1, -0.05) is 6.07 Å². The zero-order valence-electron chi connectivity index (χ0n) is 13.9. The maximum atomic E-state index is 11.1. The van der Waals surface area contributed by atoms with Gasteiger partial charge >= 0.3 is 0 Å². The molecule has 0 aliphatic heterocycles. The van der Waals surface area contributed by atoms with Crippen LogP contribution in [-0.4, -0.2) is 40.9 Å². The van der Waals surface area contributed by atoms with Gasteiger partial charge in [-0.05, 0) is 48.4 Å². The summed E-state index contributed by atoms with van der Waals surface area (Å²) in [4.78, 5) is 11.1. The van der Waals surface area contributed by atoms with E-state index in [1.165, 1.54) is 12.1 Å². The Kier molecular flexibility index (Phi) is 6.21. The monoisotopic (exact) mass is 346 g/mol. The molecule has 2 aromatic carbocycles. The highest BCUT2D eigenvalue weighted by Crippen LogP contribution is 2.27. The fourth-order valence-electron chi connectivity index (χ4n) is 2.30. The lowest BCUT2D eigenvalue weighted by molar-refractivity contribution is 0.1000. The summed E-state index contributed by atoms with van der Waals surface area (Å²) in [5, 5.41) is 31.8. The quantitative estimate of drug-likeness (QED) is 0.361. The summed E-state index contributed by atoms with van der Waals surface area (Å²) in [6.07, 6.45) is -0.817. The fourth-order valence-corrected chi connectivity index (χ4v) is 2.30. The van der Waals surface area contributed by atoms with Gasteiger partial charge in [-0.3, -0.25) is 4.79 Å². The highest BCUT2D eigenvalue weighted by Gasteiger charge is 2.10. The third kappa shape index (κ3) is 5.10. The van der Waals surface area contributed by atoms with Crippen molar-refractivity contribution in [3.63, 3.8) is 0 Å². The predicted octanol–water partition coefficient (Wildman–Crippen LogP) is 1.21. The van der Waals surface area contributed by atoms with Crippen molar-refractivity contribution < 1.29 is 24.9 Å². The molecule has 25 heavy (non-hydrogen) atoms. The molecule has 134 valence electrons. The molecule has 1 atom stereocenters. The second kappa shape index (κ2) is 8.36. The van der Waals surface area contributed by atoms with Crippen LogP contribution in [0.2, 0.25) is 0 Å². The summed E-state index contributed by atoms with van der Waals surface area (Å²) in [6.45, 7) is 2.98. The van der Waals surface area contributed by atoms with Crippen molar-refractivity contribution in [1.82, 2.24) is 5.32 Å². The van der Waals surface area contributed by atoms with Crippen LogP contribution in [0.5, 0.6) is 17.2 Å². The van der Waals surface area contributed by atoms with Crippen molar-refractivity contribution in [2.45, 2.75) is 13.0 Å². The lowest BCUT2D eigenvalue weighted by Gasteiger charge is -2.14. The van der Waals surface area contributed by atoms with E-state index in [0.29, 0.717) is 30.0 Å². The van der Waals surface area contributed by atoms with Crippen LogP contribution in [0.4, 0.5) is 0 Å². The van der Waals surface area contributed by atoms with E-state index in [4.69, 9.17) is 10.5 Å². The largest absolute Gasteiger partial charge is 0.504 e. The van der Waals surface area contributed by atoms with Crippen LogP contribution in [0.3, 0.4) is 0 Å². The molecule has 1 amide bonds. The summed E-state index contributed by atoms with van der Waals surface area (Å²) in [5.74, 6) is -0.314. The smallest absolute Gasteiger partial charge is 0.248 e. The van der Waals surface area contributed by atoms with Crippen molar-refractivity contribution >= 4 is 5.91 Å². The molecule has 0 radical (unpaired) electrons. The van der Waals surface area contributed by atoms with Gasteiger partial charge in [-0.25, -0.2) is 0 Å². The molecule has 2 aromatic rings. The molecule has 0 saturated heterocycles. The minimum Gasteiger partial charge on any atom is -0.504 e. The second-order valence-corrected chi connectivity index (χ2v) is 5.66. The van der Waals surface area contributed by atoms with Crippen LogP contribution >= 0.6 is 0 Å². The number of phenols is 2. The average molecular weight is 346 g/mol. The molecule has 0 bridgehead atoms. The molecule has 7 nitrogen and oxygen atoms in total. The third-order valence-corrected chi connectivity index (χ3v) is 3.72. The number of rotatable bonds is 8. The topological polar surface area (TPSA) is 125 Å². The SMILES string of the molecule is Cc1cc(C(N)=O)ccc1OCCNCC(O)c1ccc(O)c(O)c1. The normalized spacial score (nSPS) is 11.9. The number of primary amides is 1. The van der Waals surface area contributed by atoms with Crippen LogP contribution in [0, 0.1) is 6.92 Å². The Morgan fingerprint density at radius 1 is 1.20 bits per heavy atom. The van der Waals surface area contributed by atoms with Gasteiger partial charge in [0, 0.05) is 18.7 Å². The Balaban J connectivity index is 1.76. The van der Waals surface area contributed by atoms with E-state index in [9.17, 15) is 20.1 Å². The van der Waals surface area contributed by atoms with Crippen LogP contribution in [0.1, 0.15) is 27.6 Å². The summed E-state index contributed by atoms with van der Waals surface area (Å²) < 4.78 is 5.62. The van der Waals surface area contributed by atoms with Crippen molar-refractivity contribution in [2.24, 2.45) is 5.73 Å². The highest BCUT2D eigenvalue weighted by atomic mass is 16.5. The Hall–Kier alpha value is -2.77. The van der Waals surface area contributed by atoms with Gasteiger partial charge in [0.1, 0.15) is 12.4 Å². The molecule has 7 heteroatoms. The minimum atomic E-state index is -0.817. The Morgan fingerprint density at radius 3 is 2.60 bits per heavy atom. The predicted molar refractivity (Wildman–Crippen MR) is 92.8 cm³/mol. The van der Waals surface area contributed by atoms with Gasteiger partial charge in [-0.15, -0.1) is 0 Å². The number of nitrogens with two attached hydrogens (primary N) is 1. The number of nitrogens with one attached hydrogen (secondary N) is 1. The number of carbonyl (C=O) groups excluding carboxylic acids is 1. The second-order valence-electron chi connectivity index (χ2n) is 5.66. The van der Waals surface area contributed by atoms with Gasteiger partial charge in [0.15, 0.2) is 11.5 Å². The molecule has 6 N–H and O–H groups in total. The number of hydrogen-bond donors (Lipinski definition) is 5. The van der Waals surface area contributed by atoms with Crippen molar-refractivity contribution in [2.75, 3.05) is 19.7 Å². The van der Waals surface area contributed by atoms with Gasteiger partial charge in [-0.2, -0.15) is 0 Å². The summed E-state index contributed by atoms with van der Waals surface area (Å²) in [5.41, 5.74) is 6.97. The molecule has 0 heterocycles. The minimum absolute atomic E-state index is 0.227. The molecular formula is C18H22N2O5. The maximum absolute atomic E-state index is 11.1. The standard InChI is InChI=1S/C18H22N2O5/c1-11-8-13(18(19)24)3-5-17(11)25-7-6-20-10-16(23)12-2-4-14(21)15(22)9-12/h2-5,8-9,16,20-23H,6-7,10H2,1H3,(H2,19,24). The van der Waals surface area contributed by atoms with Gasteiger partial charge in [0.05, 0.1) is 6.10 Å². The van der Waals surface area contributed by atoms with Crippen LogP contribution in [0.25, 0.3) is 0 Å². The number of aliphatic hydroxyl groups excluding tert-OH is 1. The Labute approximate surface area is 145 Å². The lowest BCUT2D eigenvalue weighted by atomic mass is 10.1. The first kappa shape index (κ1) is 18.6. The average Bonchev–Trinajstić information content (AvgIpc) is 2.57. The van der Waals surface area contributed by atoms with Gasteiger partial charge < -0.3 is 31.1 Å². The van der Waals surface area contributed by atoms with Crippen LogP contribution in [-0.2, 0) is 0 Å². The van der Waals surface area contributed by atoms with E-state index in [1.807, 2.05) is 6.92 Å². The first-order valence-electron chi connectivity index (χ1n) is 7.82. The molecule has 0 aliphatic rings. The summed E-state index contributed by atoms with van der Waals surface area (Å²) >= 11 is 0. The number of phenolic OH excluding ortho intramolecular Hbond substituents is 2. The molecule has 2 rings (SSSR count). The van der Waals surface area contributed by atoms with E-state index < -0.39 is 12.0 Å². The molecule has 1 unspecified atom stereocenters. The van der Waals surface area contributed by atoms with E-state index in [1.54, 1.807) is 24.3 Å². The van der Waals surface area contributed by atoms with E-state index in [-0.39, 0.29) is 18.0 Å². The Morgan fingerprint density at radius 2 is 1.96 bits per heavy atom. The zero-order chi connectivity index (χ0) is 18.4. The lowest BCUT2D eigenvalue weighted by Crippen LogP contribution is -2.26. The van der Waals surface area contributed by atoms with Crippen molar-refractivity contribution in [1.29, 1.82) is 0 Å². The number of aryl methyl sites for hydroxylation is 1. The van der Waals surface area contributed by atoms with E-state index in [0.717, 1.165) is 5.56 Å². The van der Waals surface area contributed by atoms with Crippen LogP contribution in [0.15, 0.2) is 36.4 Å². The number of carbonyl (C=O) groups is 1. The molecular weight excluding hydrogens is 324 g/mol. The first-order chi connectivity index (χ1) is 11.9. The van der Waals surface area contributed by atoms with Gasteiger partial charge in [0.25, 0.3) is 0 Å². The third-order valence-electron chi connectivity index (χ3n) is 3.72. The van der Waals surface area contributed by atoms with Crippen molar-refractivity contribution in [3.05, 3.63) is 53.1 Å². The Bertz CT molecular complexity index is 748. The molecule has 0 aromatic heterocycles. The maximum Gasteiger partial charge on any atom is 0.248 e. The van der Waals surface area contributed by atoms with E-state index >= 15 is 0 Å². The zero-order valence-corrected chi connectivity index (χ0v) is 13.9. The first-order valence-corrected chi connectivity index (χ1v) is 7.82. The molecule has 0 fully saturated rings. The highest BCUT2D eigenvalue weighted by molar-refractivity contribution is 5.93. The number of aliphatic hydroxyl groups is 1. The number of ether oxygens (including phenoxy) is 1. The van der Waals surface area contributed by atoms with E-state index in [2.05, 4.69) is 5.32 Å². The molecule has 0 aliphatic carbocycles. The number of amides is 1. The number of hydrogen-bond acceptors (Lipinski definition) is 6.